The maximum Gasteiger partial charge on any atom is 0.320 e. The van der Waals surface area contributed by atoms with Gasteiger partial charge in [0.25, 0.3) is 0 Å². The fraction of sp³-hybridized carbons (Fsp3) is 0.500. The number of aromatic hydroxyl groups is 1. The summed E-state index contributed by atoms with van der Waals surface area (Å²) in [5.41, 5.74) is 14.8. The van der Waals surface area contributed by atoms with Gasteiger partial charge in [-0.05, 0) is 43.9 Å². The van der Waals surface area contributed by atoms with Gasteiger partial charge in [-0.25, -0.2) is 9.59 Å². The summed E-state index contributed by atoms with van der Waals surface area (Å²) < 4.78 is 0. The first-order valence-corrected chi connectivity index (χ1v) is 16.5. The summed E-state index contributed by atoms with van der Waals surface area (Å²) in [5, 5.41) is 26.3. The second kappa shape index (κ2) is 13.4. The van der Waals surface area contributed by atoms with Crippen molar-refractivity contribution in [3.63, 3.8) is 0 Å². The molecular formula is C32H43ClN12O3. The van der Waals surface area contributed by atoms with Crippen LogP contribution in [0.4, 0.5) is 32.6 Å². The Morgan fingerprint density at radius 1 is 0.729 bits per heavy atom. The number of nitrogen functional groups attached to an aromatic ring is 2. The third-order valence-corrected chi connectivity index (χ3v) is 9.79. The molecule has 256 valence electrons. The van der Waals surface area contributed by atoms with Gasteiger partial charge >= 0.3 is 12.1 Å². The lowest BCUT2D eigenvalue weighted by molar-refractivity contribution is 0.137. The molecular weight excluding hydrogens is 636 g/mol. The Bertz CT molecular complexity index is 1650. The highest BCUT2D eigenvalue weighted by molar-refractivity contribution is 6.29. The fourth-order valence-electron chi connectivity index (χ4n) is 7.37. The van der Waals surface area contributed by atoms with Gasteiger partial charge < -0.3 is 46.0 Å². The van der Waals surface area contributed by atoms with Gasteiger partial charge in [-0.1, -0.05) is 23.7 Å². The van der Waals surface area contributed by atoms with Crippen molar-refractivity contribution in [2.45, 2.75) is 49.9 Å². The summed E-state index contributed by atoms with van der Waals surface area (Å²) in [7, 11) is 7.16. The number of carbonyl (C=O) groups is 2. The monoisotopic (exact) mass is 678 g/mol. The molecule has 16 heteroatoms. The molecule has 7 rings (SSSR count). The molecule has 4 fully saturated rings. The smallest absolute Gasteiger partial charge is 0.320 e. The number of nitrogens with two attached hydrogens (primary N) is 2. The van der Waals surface area contributed by atoms with Crippen molar-refractivity contribution in [2.24, 2.45) is 0 Å². The van der Waals surface area contributed by atoms with Gasteiger partial charge in [0.2, 0.25) is 0 Å². The van der Waals surface area contributed by atoms with Crippen LogP contribution in [0.5, 0.6) is 5.75 Å². The van der Waals surface area contributed by atoms with Crippen molar-refractivity contribution in [3.8, 4) is 17.0 Å². The highest BCUT2D eigenvalue weighted by Gasteiger charge is 2.45. The van der Waals surface area contributed by atoms with Crippen LogP contribution in [0.1, 0.15) is 25.7 Å². The van der Waals surface area contributed by atoms with E-state index in [2.05, 4.69) is 30.2 Å². The molecule has 4 atom stereocenters. The Balaban J connectivity index is 0.000000173. The van der Waals surface area contributed by atoms with Gasteiger partial charge in [0.15, 0.2) is 16.8 Å². The zero-order valence-electron chi connectivity index (χ0n) is 27.7. The molecule has 4 unspecified atom stereocenters. The first-order valence-electron chi connectivity index (χ1n) is 16.1. The minimum absolute atomic E-state index is 0.0675. The summed E-state index contributed by atoms with van der Waals surface area (Å²) in [6.07, 6.45) is 4.02. The van der Waals surface area contributed by atoms with Crippen LogP contribution in [0.25, 0.3) is 11.3 Å². The van der Waals surface area contributed by atoms with Crippen LogP contribution >= 0.6 is 11.6 Å². The molecule has 0 spiro atoms. The minimum atomic E-state index is 0.0675. The van der Waals surface area contributed by atoms with Crippen LogP contribution in [0.2, 0.25) is 5.15 Å². The van der Waals surface area contributed by atoms with Crippen molar-refractivity contribution in [3.05, 3.63) is 41.6 Å². The van der Waals surface area contributed by atoms with Crippen LogP contribution in [0, 0.1) is 0 Å². The molecule has 2 aromatic heterocycles. The Kier molecular flexibility index (Phi) is 9.23. The molecule has 48 heavy (non-hydrogen) atoms. The lowest BCUT2D eigenvalue weighted by Gasteiger charge is -2.43. The zero-order valence-corrected chi connectivity index (χ0v) is 28.5. The number of para-hydroxylation sites is 1. The van der Waals surface area contributed by atoms with Crippen LogP contribution in [0.15, 0.2) is 36.4 Å². The van der Waals surface area contributed by atoms with Crippen molar-refractivity contribution in [2.75, 3.05) is 75.6 Å². The average molecular weight is 679 g/mol. The summed E-state index contributed by atoms with van der Waals surface area (Å²) in [6, 6.07) is 11.6. The molecule has 0 saturated carbocycles. The predicted octanol–water partition coefficient (Wildman–Crippen LogP) is 2.81. The van der Waals surface area contributed by atoms with E-state index in [0.29, 0.717) is 41.1 Å². The van der Waals surface area contributed by atoms with E-state index in [-0.39, 0.29) is 42.0 Å². The van der Waals surface area contributed by atoms with Gasteiger partial charge in [-0.15, -0.1) is 20.4 Å². The number of anilines is 4. The lowest BCUT2D eigenvalue weighted by Crippen LogP contribution is -2.58. The fourth-order valence-corrected chi connectivity index (χ4v) is 7.52. The van der Waals surface area contributed by atoms with E-state index >= 15 is 0 Å². The summed E-state index contributed by atoms with van der Waals surface area (Å²) in [4.78, 5) is 36.4. The van der Waals surface area contributed by atoms with Crippen LogP contribution in [0.3, 0.4) is 0 Å². The molecule has 1 aromatic carbocycles. The number of aromatic nitrogens is 4. The number of piperazine rings is 2. The Morgan fingerprint density at radius 2 is 1.17 bits per heavy atom. The van der Waals surface area contributed by atoms with Crippen LogP contribution in [-0.4, -0.2) is 136 Å². The number of fused-ring (bicyclic) bond motifs is 4. The van der Waals surface area contributed by atoms with Crippen molar-refractivity contribution < 1.29 is 14.7 Å². The van der Waals surface area contributed by atoms with E-state index in [1.54, 1.807) is 62.3 Å². The van der Waals surface area contributed by atoms with Crippen LogP contribution < -0.4 is 21.3 Å². The number of carbonyl (C=O) groups excluding carboxylic acids is 2. The molecule has 0 aliphatic carbocycles. The number of phenolic OH excluding ortho intramolecular Hbond substituents is 1. The molecule has 0 radical (unpaired) electrons. The Hall–Kier alpha value is -4.79. The van der Waals surface area contributed by atoms with E-state index in [9.17, 15) is 14.7 Å². The van der Waals surface area contributed by atoms with Crippen molar-refractivity contribution in [1.29, 1.82) is 0 Å². The summed E-state index contributed by atoms with van der Waals surface area (Å²) >= 11 is 5.92. The summed E-state index contributed by atoms with van der Waals surface area (Å²) in [6.45, 7) is 2.93. The molecule has 4 aliphatic rings. The number of benzene rings is 1. The summed E-state index contributed by atoms with van der Waals surface area (Å²) in [5.74, 6) is 0.899. The number of halogens is 1. The van der Waals surface area contributed by atoms with Gasteiger partial charge in [-0.3, -0.25) is 0 Å². The Morgan fingerprint density at radius 3 is 1.62 bits per heavy atom. The molecule has 5 N–H and O–H groups in total. The number of hydrogen-bond donors (Lipinski definition) is 3. The van der Waals surface area contributed by atoms with Gasteiger partial charge in [0.1, 0.15) is 5.75 Å². The predicted molar refractivity (Wildman–Crippen MR) is 185 cm³/mol. The maximum atomic E-state index is 12.5. The first kappa shape index (κ1) is 33.1. The standard InChI is InChI=1S/C19H24N6O2.C13H19ClN6O/c1-23(2)19(27)25-12-7-8-13(25)11-24(10-12)16-9-15(21-22-18(16)20)14-5-3-4-6-17(14)26;1-18(2)13(21)20-8-3-4-9(20)7-19(6-8)10-5-11(14)16-17-12(10)15/h3-6,9,12-13,26H,7-8,10-11H2,1-2H3,(H2,20,22);5,8-9H,3-4,6-7H2,1-2H3,(H2,15,17). The number of nitrogens with zero attached hydrogens (tertiary/aromatic N) is 10. The third-order valence-electron chi connectivity index (χ3n) is 9.61. The van der Waals surface area contributed by atoms with Gasteiger partial charge in [-0.2, -0.15) is 0 Å². The van der Waals surface area contributed by atoms with Crippen LogP contribution in [-0.2, 0) is 0 Å². The molecule has 3 aromatic rings. The van der Waals surface area contributed by atoms with E-state index in [1.807, 2.05) is 21.9 Å². The van der Waals surface area contributed by atoms with E-state index < -0.39 is 0 Å². The highest BCUT2D eigenvalue weighted by atomic mass is 35.5. The Labute approximate surface area is 285 Å². The van der Waals surface area contributed by atoms with E-state index in [1.165, 1.54) is 0 Å². The van der Waals surface area contributed by atoms with E-state index in [0.717, 1.165) is 50.1 Å². The zero-order chi connectivity index (χ0) is 34.3. The molecule has 4 amide bonds. The minimum Gasteiger partial charge on any atom is -0.507 e. The lowest BCUT2D eigenvalue weighted by atomic mass is 10.1. The quantitative estimate of drug-likeness (QED) is 0.371. The van der Waals surface area contributed by atoms with Crippen molar-refractivity contribution in [1.82, 2.24) is 40.0 Å². The van der Waals surface area contributed by atoms with Gasteiger partial charge in [0, 0.05) is 66.0 Å². The molecule has 4 bridgehead atoms. The number of rotatable bonds is 3. The molecule has 4 aliphatic heterocycles. The number of hydrogen-bond acceptors (Lipinski definition) is 11. The number of phenols is 1. The number of amides is 4. The average Bonchev–Trinajstić information content (AvgIpc) is 3.48. The largest absolute Gasteiger partial charge is 0.507 e. The third kappa shape index (κ3) is 6.38. The molecule has 6 heterocycles. The topological polar surface area (TPSA) is 177 Å². The maximum absolute atomic E-state index is 12.5. The van der Waals surface area contributed by atoms with E-state index in [4.69, 9.17) is 23.1 Å². The SMILES string of the molecule is CN(C)C(=O)N1C2CCC1CN(c1cc(-c3ccccc3O)nnc1N)C2.CN(C)C(=O)N1C2CCC1CN(c1cc(Cl)nnc1N)C2. The first-order chi connectivity index (χ1) is 22.9. The molecule has 15 nitrogen and oxygen atoms in total. The number of urea groups is 2. The normalized spacial score (nSPS) is 22.7. The highest BCUT2D eigenvalue weighted by Crippen LogP contribution is 2.38. The second-order valence-electron chi connectivity index (χ2n) is 13.2. The van der Waals surface area contributed by atoms with Crippen molar-refractivity contribution >= 4 is 46.7 Å². The van der Waals surface area contributed by atoms with Gasteiger partial charge in [0.05, 0.1) is 41.2 Å². The molecule has 4 saturated heterocycles. The second-order valence-corrected chi connectivity index (χ2v) is 13.6.